The maximum atomic E-state index is 13.2. The first kappa shape index (κ1) is 13.7. The Morgan fingerprint density at radius 2 is 2.00 bits per heavy atom. The molecule has 21 heavy (non-hydrogen) atoms. The van der Waals surface area contributed by atoms with Crippen LogP contribution in [0.25, 0.3) is 21.1 Å². The van der Waals surface area contributed by atoms with Crippen molar-refractivity contribution in [3.8, 4) is 21.1 Å². The van der Waals surface area contributed by atoms with E-state index in [1.807, 2.05) is 12.1 Å². The second-order valence-corrected chi connectivity index (χ2v) is 5.43. The van der Waals surface area contributed by atoms with Crippen LogP contribution in [0.5, 0.6) is 0 Å². The highest BCUT2D eigenvalue weighted by Gasteiger charge is 2.10. The Kier molecular flexibility index (Phi) is 3.70. The molecule has 5 nitrogen and oxygen atoms in total. The Bertz CT molecular complexity index is 771. The summed E-state index contributed by atoms with van der Waals surface area (Å²) in [5.74, 6) is -0.390. The smallest absolute Gasteiger partial charge is 0.142 e. The third-order valence-corrected chi connectivity index (χ3v) is 3.89. The lowest BCUT2D eigenvalue weighted by molar-refractivity contribution is 0.622. The van der Waals surface area contributed by atoms with Crippen LogP contribution >= 0.6 is 11.3 Å². The van der Waals surface area contributed by atoms with Gasteiger partial charge in [-0.2, -0.15) is 0 Å². The molecule has 0 aliphatic rings. The summed E-state index contributed by atoms with van der Waals surface area (Å²) in [6.07, 6.45) is 3.81. The molecule has 0 aromatic carbocycles. The zero-order valence-corrected chi connectivity index (χ0v) is 11.7. The minimum absolute atomic E-state index is 0.390. The predicted molar refractivity (Wildman–Crippen MR) is 79.6 cm³/mol. The van der Waals surface area contributed by atoms with Crippen molar-refractivity contribution in [1.29, 1.82) is 0 Å². The zero-order valence-electron chi connectivity index (χ0n) is 10.9. The predicted octanol–water partition coefficient (Wildman–Crippen LogP) is 2.32. The summed E-state index contributed by atoms with van der Waals surface area (Å²) in [6, 6.07) is 6.86. The van der Waals surface area contributed by atoms with Crippen molar-refractivity contribution >= 4 is 11.3 Å². The number of pyridine rings is 2. The van der Waals surface area contributed by atoms with E-state index in [4.69, 9.17) is 11.5 Å². The first-order valence-electron chi connectivity index (χ1n) is 6.19. The van der Waals surface area contributed by atoms with Gasteiger partial charge in [-0.05, 0) is 18.2 Å². The van der Waals surface area contributed by atoms with Crippen LogP contribution in [-0.4, -0.2) is 15.0 Å². The molecule has 7 heteroatoms. The average molecular weight is 301 g/mol. The van der Waals surface area contributed by atoms with Crippen molar-refractivity contribution in [2.45, 2.75) is 6.17 Å². The van der Waals surface area contributed by atoms with Gasteiger partial charge in [-0.25, -0.2) is 14.4 Å². The Morgan fingerprint density at radius 3 is 2.76 bits per heavy atom. The first-order valence-corrected chi connectivity index (χ1v) is 7.00. The van der Waals surface area contributed by atoms with Gasteiger partial charge in [0.15, 0.2) is 0 Å². The first-order chi connectivity index (χ1) is 10.1. The van der Waals surface area contributed by atoms with E-state index in [-0.39, 0.29) is 0 Å². The Morgan fingerprint density at radius 1 is 1.14 bits per heavy atom. The lowest BCUT2D eigenvalue weighted by Gasteiger charge is -2.05. The van der Waals surface area contributed by atoms with Crippen LogP contribution < -0.4 is 11.5 Å². The SMILES string of the molecule is NC(N)c1cccc(-c2cnc(-c3cncc(F)c3)s2)n1. The average Bonchev–Trinajstić information content (AvgIpc) is 2.97. The molecule has 3 aromatic rings. The zero-order chi connectivity index (χ0) is 14.8. The van der Waals surface area contributed by atoms with Crippen molar-refractivity contribution in [2.75, 3.05) is 0 Å². The lowest BCUT2D eigenvalue weighted by Crippen LogP contribution is -2.21. The summed E-state index contributed by atoms with van der Waals surface area (Å²) < 4.78 is 13.2. The Hall–Kier alpha value is -2.22. The number of rotatable bonds is 3. The van der Waals surface area contributed by atoms with Crippen LogP contribution in [-0.2, 0) is 0 Å². The van der Waals surface area contributed by atoms with E-state index in [1.165, 1.54) is 17.4 Å². The van der Waals surface area contributed by atoms with E-state index in [0.29, 0.717) is 16.3 Å². The normalized spacial score (nSPS) is 11.0. The van der Waals surface area contributed by atoms with Crippen molar-refractivity contribution < 1.29 is 4.39 Å². The molecular weight excluding hydrogens is 289 g/mol. The summed E-state index contributed by atoms with van der Waals surface area (Å²) in [7, 11) is 0. The van der Waals surface area contributed by atoms with Gasteiger partial charge in [-0.1, -0.05) is 6.07 Å². The van der Waals surface area contributed by atoms with Gasteiger partial charge in [0.05, 0.1) is 28.6 Å². The molecule has 3 aromatic heterocycles. The monoisotopic (exact) mass is 301 g/mol. The van der Waals surface area contributed by atoms with Crippen molar-refractivity contribution in [2.24, 2.45) is 11.5 Å². The highest BCUT2D eigenvalue weighted by molar-refractivity contribution is 7.18. The minimum atomic E-state index is -0.621. The molecule has 0 spiro atoms. The number of aromatic nitrogens is 3. The summed E-state index contributed by atoms with van der Waals surface area (Å²) in [5, 5.41) is 0.682. The van der Waals surface area contributed by atoms with Gasteiger partial charge < -0.3 is 11.5 Å². The Balaban J connectivity index is 1.97. The quantitative estimate of drug-likeness (QED) is 0.724. The van der Waals surface area contributed by atoms with Crippen LogP contribution in [0.4, 0.5) is 4.39 Å². The number of nitrogens with zero attached hydrogens (tertiary/aromatic N) is 3. The molecule has 4 N–H and O–H groups in total. The van der Waals surface area contributed by atoms with Gasteiger partial charge in [0.2, 0.25) is 0 Å². The maximum Gasteiger partial charge on any atom is 0.142 e. The molecule has 0 saturated carbocycles. The van der Waals surface area contributed by atoms with E-state index < -0.39 is 12.0 Å². The molecular formula is C14H12FN5S. The van der Waals surface area contributed by atoms with Gasteiger partial charge in [-0.15, -0.1) is 11.3 Å². The Labute approximate surface area is 124 Å². The van der Waals surface area contributed by atoms with Gasteiger partial charge in [0.1, 0.15) is 10.8 Å². The van der Waals surface area contributed by atoms with Crippen molar-refractivity contribution in [3.05, 3.63) is 54.4 Å². The van der Waals surface area contributed by atoms with Crippen molar-refractivity contribution in [1.82, 2.24) is 15.0 Å². The van der Waals surface area contributed by atoms with Gasteiger partial charge >= 0.3 is 0 Å². The van der Waals surface area contributed by atoms with E-state index >= 15 is 0 Å². The molecule has 0 fully saturated rings. The highest BCUT2D eigenvalue weighted by atomic mass is 32.1. The fourth-order valence-corrected chi connectivity index (χ4v) is 2.70. The van der Waals surface area contributed by atoms with E-state index in [9.17, 15) is 4.39 Å². The second kappa shape index (κ2) is 5.65. The lowest BCUT2D eigenvalue weighted by atomic mass is 10.2. The maximum absolute atomic E-state index is 13.2. The molecule has 0 unspecified atom stereocenters. The standard InChI is InChI=1S/C14H12FN5S/c15-9-4-8(5-18-6-9)14-19-7-12(21-14)10-2-1-3-11(20-10)13(16)17/h1-7,13H,16-17H2. The molecule has 3 heterocycles. The topological polar surface area (TPSA) is 90.7 Å². The summed E-state index contributed by atoms with van der Waals surface area (Å²) in [4.78, 5) is 13.4. The molecule has 0 aliphatic heterocycles. The van der Waals surface area contributed by atoms with Gasteiger partial charge in [0.25, 0.3) is 0 Å². The van der Waals surface area contributed by atoms with Crippen LogP contribution in [0.2, 0.25) is 0 Å². The molecule has 0 aliphatic carbocycles. The fourth-order valence-electron chi connectivity index (χ4n) is 1.83. The molecule has 106 valence electrons. The molecule has 0 radical (unpaired) electrons. The van der Waals surface area contributed by atoms with Crippen LogP contribution in [0.1, 0.15) is 11.9 Å². The van der Waals surface area contributed by atoms with Crippen LogP contribution in [0.3, 0.4) is 0 Å². The number of hydrogen-bond donors (Lipinski definition) is 2. The second-order valence-electron chi connectivity index (χ2n) is 4.39. The number of hydrogen-bond acceptors (Lipinski definition) is 6. The third-order valence-electron chi connectivity index (χ3n) is 2.82. The molecule has 0 amide bonds. The molecule has 0 saturated heterocycles. The van der Waals surface area contributed by atoms with Gasteiger partial charge in [0, 0.05) is 18.0 Å². The fraction of sp³-hybridized carbons (Fsp3) is 0.0714. The van der Waals surface area contributed by atoms with E-state index in [2.05, 4.69) is 15.0 Å². The summed E-state index contributed by atoms with van der Waals surface area (Å²) >= 11 is 1.41. The highest BCUT2D eigenvalue weighted by Crippen LogP contribution is 2.31. The molecule has 0 bridgehead atoms. The van der Waals surface area contributed by atoms with E-state index in [1.54, 1.807) is 18.5 Å². The molecule has 0 atom stereocenters. The minimum Gasteiger partial charge on any atom is -0.311 e. The molecule has 3 rings (SSSR count). The summed E-state index contributed by atoms with van der Waals surface area (Å²) in [6.45, 7) is 0. The number of nitrogens with two attached hydrogens (primary N) is 2. The third kappa shape index (κ3) is 2.94. The number of thiazole rings is 1. The summed E-state index contributed by atoms with van der Waals surface area (Å²) in [5.41, 5.74) is 13.2. The van der Waals surface area contributed by atoms with E-state index in [0.717, 1.165) is 16.8 Å². The number of halogens is 1. The van der Waals surface area contributed by atoms with Crippen LogP contribution in [0.15, 0.2) is 42.9 Å². The van der Waals surface area contributed by atoms with Gasteiger partial charge in [-0.3, -0.25) is 4.98 Å². The van der Waals surface area contributed by atoms with Crippen LogP contribution in [0, 0.1) is 5.82 Å². The van der Waals surface area contributed by atoms with Crippen molar-refractivity contribution in [3.63, 3.8) is 0 Å². The largest absolute Gasteiger partial charge is 0.311 e.